The first kappa shape index (κ1) is 11.6. The first-order valence-electron chi connectivity index (χ1n) is 4.35. The highest BCUT2D eigenvalue weighted by molar-refractivity contribution is 7.15. The molecule has 1 heterocycles. The normalized spacial score (nSPS) is 10.3. The van der Waals surface area contributed by atoms with Gasteiger partial charge in [0.1, 0.15) is 5.01 Å². The number of nitrogens with one attached hydrogen (secondary N) is 1. The number of aromatic nitrogens is 2. The molecule has 1 rings (SSSR count). The largest absolute Gasteiger partial charge is 0.474 e. The number of hydrogen-bond acceptors (Lipinski definition) is 5. The van der Waals surface area contributed by atoms with E-state index in [4.69, 9.17) is 5.11 Å². The minimum absolute atomic E-state index is 0.220. The van der Waals surface area contributed by atoms with Crippen LogP contribution in [-0.4, -0.2) is 27.2 Å². The minimum Gasteiger partial charge on any atom is -0.474 e. The molecule has 7 heteroatoms. The molecule has 0 aliphatic rings. The molecule has 0 unspecified atom stereocenters. The summed E-state index contributed by atoms with van der Waals surface area (Å²) in [5.74, 6) is -2.18. The van der Waals surface area contributed by atoms with Gasteiger partial charge in [0.05, 0.1) is 0 Å². The van der Waals surface area contributed by atoms with Crippen molar-refractivity contribution in [2.75, 3.05) is 5.32 Å². The van der Waals surface area contributed by atoms with Crippen molar-refractivity contribution < 1.29 is 14.7 Å². The molecule has 2 N–H and O–H groups in total. The molecule has 0 atom stereocenters. The molecular formula is C8H11N3O3S. The number of carboxylic acids is 1. The number of carbonyl (C=O) groups is 2. The van der Waals surface area contributed by atoms with Gasteiger partial charge in [-0.05, 0) is 5.92 Å². The molecule has 0 saturated heterocycles. The molecule has 0 fully saturated rings. The average Bonchev–Trinajstić information content (AvgIpc) is 2.51. The lowest BCUT2D eigenvalue weighted by Gasteiger charge is -1.97. The standard InChI is InChI=1S/C8H11N3O3S/c1-4(2)3-5-10-11-8(15-5)9-6(12)7(13)14/h4H,3H2,1-2H3,(H,13,14)(H,9,11,12). The number of amides is 1. The number of aliphatic carboxylic acids is 1. The highest BCUT2D eigenvalue weighted by Gasteiger charge is 2.14. The van der Waals surface area contributed by atoms with E-state index in [9.17, 15) is 9.59 Å². The van der Waals surface area contributed by atoms with Crippen LogP contribution >= 0.6 is 11.3 Å². The molecule has 1 aromatic heterocycles. The number of carbonyl (C=O) groups excluding carboxylic acids is 1. The van der Waals surface area contributed by atoms with Crippen molar-refractivity contribution in [3.05, 3.63) is 5.01 Å². The van der Waals surface area contributed by atoms with Crippen molar-refractivity contribution in [2.24, 2.45) is 5.92 Å². The van der Waals surface area contributed by atoms with Gasteiger partial charge in [0, 0.05) is 6.42 Å². The second-order valence-corrected chi connectivity index (χ2v) is 4.42. The van der Waals surface area contributed by atoms with Gasteiger partial charge in [0.25, 0.3) is 0 Å². The monoisotopic (exact) mass is 229 g/mol. The summed E-state index contributed by atoms with van der Waals surface area (Å²) in [7, 11) is 0. The minimum atomic E-state index is -1.53. The zero-order valence-corrected chi connectivity index (χ0v) is 9.17. The maximum absolute atomic E-state index is 10.8. The fraction of sp³-hybridized carbons (Fsp3) is 0.500. The third-order valence-corrected chi connectivity index (χ3v) is 2.33. The van der Waals surface area contributed by atoms with Crippen molar-refractivity contribution in [2.45, 2.75) is 20.3 Å². The van der Waals surface area contributed by atoms with Gasteiger partial charge in [0.2, 0.25) is 5.13 Å². The first-order valence-corrected chi connectivity index (χ1v) is 5.17. The van der Waals surface area contributed by atoms with Crippen molar-refractivity contribution in [3.8, 4) is 0 Å². The van der Waals surface area contributed by atoms with Crippen molar-refractivity contribution in [1.29, 1.82) is 0 Å². The number of anilines is 1. The van der Waals surface area contributed by atoms with Crippen LogP contribution in [0.15, 0.2) is 0 Å². The lowest BCUT2D eigenvalue weighted by Crippen LogP contribution is -2.21. The molecule has 1 aromatic rings. The van der Waals surface area contributed by atoms with E-state index in [1.54, 1.807) is 0 Å². The summed E-state index contributed by atoms with van der Waals surface area (Å²) in [6, 6.07) is 0. The van der Waals surface area contributed by atoms with E-state index in [2.05, 4.69) is 15.5 Å². The maximum atomic E-state index is 10.8. The fourth-order valence-electron chi connectivity index (χ4n) is 0.886. The Morgan fingerprint density at radius 3 is 2.67 bits per heavy atom. The summed E-state index contributed by atoms with van der Waals surface area (Å²) in [5, 5.41) is 19.0. The van der Waals surface area contributed by atoms with E-state index in [0.717, 1.165) is 11.4 Å². The van der Waals surface area contributed by atoms with Gasteiger partial charge in [-0.15, -0.1) is 10.2 Å². The molecule has 1 amide bonds. The Kier molecular flexibility index (Phi) is 3.73. The van der Waals surface area contributed by atoms with Crippen molar-refractivity contribution >= 4 is 28.3 Å². The summed E-state index contributed by atoms with van der Waals surface area (Å²) >= 11 is 1.19. The zero-order chi connectivity index (χ0) is 11.4. The van der Waals surface area contributed by atoms with Crippen LogP contribution in [0.4, 0.5) is 5.13 Å². The number of hydrogen-bond donors (Lipinski definition) is 2. The molecule has 6 nitrogen and oxygen atoms in total. The van der Waals surface area contributed by atoms with Gasteiger partial charge in [0.15, 0.2) is 0 Å². The average molecular weight is 229 g/mol. The highest BCUT2D eigenvalue weighted by Crippen LogP contribution is 2.17. The first-order chi connectivity index (χ1) is 6.99. The van der Waals surface area contributed by atoms with Crippen LogP contribution in [0.1, 0.15) is 18.9 Å². The van der Waals surface area contributed by atoms with Crippen LogP contribution in [0, 0.1) is 5.92 Å². The Morgan fingerprint density at radius 1 is 1.47 bits per heavy atom. The summed E-state index contributed by atoms with van der Waals surface area (Å²) in [6.45, 7) is 4.08. The second kappa shape index (κ2) is 4.83. The maximum Gasteiger partial charge on any atom is 0.394 e. The molecule has 82 valence electrons. The van der Waals surface area contributed by atoms with Crippen LogP contribution in [0.25, 0.3) is 0 Å². The topological polar surface area (TPSA) is 92.2 Å². The van der Waals surface area contributed by atoms with E-state index in [1.807, 2.05) is 13.8 Å². The lowest BCUT2D eigenvalue weighted by molar-refractivity contribution is -0.147. The number of nitrogens with zero attached hydrogens (tertiary/aromatic N) is 2. The van der Waals surface area contributed by atoms with E-state index < -0.39 is 11.9 Å². The Bertz CT molecular complexity index is 375. The Labute approximate surface area is 90.3 Å². The number of rotatable bonds is 3. The van der Waals surface area contributed by atoms with Gasteiger partial charge < -0.3 is 5.11 Å². The van der Waals surface area contributed by atoms with Gasteiger partial charge in [-0.1, -0.05) is 25.2 Å². The summed E-state index contributed by atoms with van der Waals surface area (Å²) in [5.41, 5.74) is 0. The molecular weight excluding hydrogens is 218 g/mol. The van der Waals surface area contributed by atoms with Gasteiger partial charge >= 0.3 is 11.9 Å². The smallest absolute Gasteiger partial charge is 0.394 e. The predicted molar refractivity (Wildman–Crippen MR) is 54.7 cm³/mol. The van der Waals surface area contributed by atoms with Crippen molar-refractivity contribution in [1.82, 2.24) is 10.2 Å². The fourth-order valence-corrected chi connectivity index (χ4v) is 1.83. The summed E-state index contributed by atoms with van der Waals surface area (Å²) in [4.78, 5) is 21.0. The van der Waals surface area contributed by atoms with Gasteiger partial charge in [-0.3, -0.25) is 10.1 Å². The third kappa shape index (κ3) is 3.62. The Morgan fingerprint density at radius 2 is 2.13 bits per heavy atom. The number of carboxylic acid groups (broad SMARTS) is 1. The van der Waals surface area contributed by atoms with E-state index >= 15 is 0 Å². The lowest BCUT2D eigenvalue weighted by atomic mass is 10.1. The third-order valence-electron chi connectivity index (χ3n) is 1.46. The molecule has 0 spiro atoms. The van der Waals surface area contributed by atoms with E-state index in [1.165, 1.54) is 11.3 Å². The Balaban J connectivity index is 2.60. The van der Waals surface area contributed by atoms with Crippen LogP contribution in [0.2, 0.25) is 0 Å². The van der Waals surface area contributed by atoms with Gasteiger partial charge in [-0.25, -0.2) is 4.79 Å². The molecule has 15 heavy (non-hydrogen) atoms. The molecule has 0 bridgehead atoms. The van der Waals surface area contributed by atoms with E-state index in [-0.39, 0.29) is 5.13 Å². The SMILES string of the molecule is CC(C)Cc1nnc(NC(=O)C(=O)O)s1. The molecule has 0 saturated carbocycles. The van der Waals surface area contributed by atoms with Crippen LogP contribution < -0.4 is 5.32 Å². The summed E-state index contributed by atoms with van der Waals surface area (Å²) in [6.07, 6.45) is 0.764. The molecule has 0 radical (unpaired) electrons. The highest BCUT2D eigenvalue weighted by atomic mass is 32.1. The quantitative estimate of drug-likeness (QED) is 0.746. The van der Waals surface area contributed by atoms with Crippen molar-refractivity contribution in [3.63, 3.8) is 0 Å². The molecule has 0 aromatic carbocycles. The summed E-state index contributed by atoms with van der Waals surface area (Å²) < 4.78 is 0. The van der Waals surface area contributed by atoms with Crippen LogP contribution in [-0.2, 0) is 16.0 Å². The van der Waals surface area contributed by atoms with Crippen LogP contribution in [0.5, 0.6) is 0 Å². The van der Waals surface area contributed by atoms with Crippen LogP contribution in [0.3, 0.4) is 0 Å². The Hall–Kier alpha value is -1.50. The second-order valence-electron chi connectivity index (χ2n) is 3.36. The van der Waals surface area contributed by atoms with Gasteiger partial charge in [-0.2, -0.15) is 0 Å². The molecule has 0 aliphatic heterocycles. The predicted octanol–water partition coefficient (Wildman–Crippen LogP) is 0.760. The molecule has 0 aliphatic carbocycles. The van der Waals surface area contributed by atoms with E-state index in [0.29, 0.717) is 5.92 Å². The zero-order valence-electron chi connectivity index (χ0n) is 8.35.